The first-order chi connectivity index (χ1) is 11.5. The van der Waals surface area contributed by atoms with Crippen LogP contribution in [0.5, 0.6) is 0 Å². The van der Waals surface area contributed by atoms with Crippen LogP contribution in [0.1, 0.15) is 38.5 Å². The predicted octanol–water partition coefficient (Wildman–Crippen LogP) is 3.19. The van der Waals surface area contributed by atoms with Gasteiger partial charge in [-0.25, -0.2) is 0 Å². The fourth-order valence-electron chi connectivity index (χ4n) is 2.77. The second-order valence-electron chi connectivity index (χ2n) is 5.82. The minimum atomic E-state index is -0.990. The Hall–Kier alpha value is -2.51. The molecule has 2 rings (SSSR count). The van der Waals surface area contributed by atoms with Crippen LogP contribution < -0.4 is 5.32 Å². The van der Waals surface area contributed by atoms with Gasteiger partial charge in [-0.05, 0) is 24.5 Å². The second-order valence-corrected chi connectivity index (χ2v) is 5.82. The van der Waals surface area contributed by atoms with Crippen molar-refractivity contribution >= 4 is 23.3 Å². The molecule has 1 aliphatic rings. The number of carbonyl (C=O) groups excluding carboxylic acids is 2. The molecule has 1 amide bonds. The summed E-state index contributed by atoms with van der Waals surface area (Å²) in [6.45, 7) is -0.478. The van der Waals surface area contributed by atoms with E-state index in [0.717, 1.165) is 31.4 Å². The van der Waals surface area contributed by atoms with E-state index in [0.29, 0.717) is 5.92 Å². The molecule has 1 aromatic rings. The van der Waals surface area contributed by atoms with Gasteiger partial charge in [-0.1, -0.05) is 25.7 Å². The summed E-state index contributed by atoms with van der Waals surface area (Å²) >= 11 is 0. The van der Waals surface area contributed by atoms with Gasteiger partial charge in [-0.15, -0.1) is 0 Å². The third-order valence-corrected chi connectivity index (χ3v) is 4.02. The lowest BCUT2D eigenvalue weighted by atomic mass is 10.0. The Morgan fingerprint density at radius 2 is 2.04 bits per heavy atom. The van der Waals surface area contributed by atoms with E-state index >= 15 is 0 Å². The first-order valence-electron chi connectivity index (χ1n) is 7.85. The molecule has 1 aromatic carbocycles. The number of amides is 1. The molecule has 0 bridgehead atoms. The molecule has 7 nitrogen and oxygen atoms in total. The van der Waals surface area contributed by atoms with E-state index in [1.807, 2.05) is 0 Å². The Bertz CT molecular complexity index is 629. The SMILES string of the molecule is O=C(COC(=O)CCC1CCCC1)Nc1ccc(F)c([N+](=O)[O-])c1. The predicted molar refractivity (Wildman–Crippen MR) is 83.8 cm³/mol. The molecule has 0 spiro atoms. The molecule has 0 unspecified atom stereocenters. The number of benzene rings is 1. The second kappa shape index (κ2) is 8.37. The van der Waals surface area contributed by atoms with E-state index in [1.165, 1.54) is 18.9 Å². The lowest BCUT2D eigenvalue weighted by molar-refractivity contribution is -0.387. The van der Waals surface area contributed by atoms with Crippen LogP contribution in [0.2, 0.25) is 0 Å². The Morgan fingerprint density at radius 1 is 1.33 bits per heavy atom. The fraction of sp³-hybridized carbons (Fsp3) is 0.500. The molecule has 0 aliphatic heterocycles. The van der Waals surface area contributed by atoms with E-state index in [2.05, 4.69) is 5.32 Å². The van der Waals surface area contributed by atoms with Crippen molar-refractivity contribution in [2.24, 2.45) is 5.92 Å². The summed E-state index contributed by atoms with van der Waals surface area (Å²) in [5.74, 6) is -1.50. The molecule has 1 N–H and O–H groups in total. The number of nitro groups is 1. The lowest BCUT2D eigenvalue weighted by Gasteiger charge is -2.09. The van der Waals surface area contributed by atoms with Crippen LogP contribution in [0, 0.1) is 21.8 Å². The van der Waals surface area contributed by atoms with Crippen LogP contribution in [0.4, 0.5) is 15.8 Å². The van der Waals surface area contributed by atoms with Crippen LogP contribution >= 0.6 is 0 Å². The maximum atomic E-state index is 13.2. The van der Waals surface area contributed by atoms with Gasteiger partial charge in [-0.3, -0.25) is 19.7 Å². The lowest BCUT2D eigenvalue weighted by Crippen LogP contribution is -2.21. The average Bonchev–Trinajstić information content (AvgIpc) is 3.06. The number of rotatable bonds is 7. The largest absolute Gasteiger partial charge is 0.456 e. The van der Waals surface area contributed by atoms with Crippen molar-refractivity contribution in [3.8, 4) is 0 Å². The molecule has 0 atom stereocenters. The van der Waals surface area contributed by atoms with E-state index < -0.39 is 34.9 Å². The van der Waals surface area contributed by atoms with Crippen LogP contribution in [0.25, 0.3) is 0 Å². The number of nitro benzene ring substituents is 1. The first-order valence-corrected chi connectivity index (χ1v) is 7.85. The summed E-state index contributed by atoms with van der Waals surface area (Å²) in [4.78, 5) is 33.1. The molecular formula is C16H19FN2O5. The van der Waals surface area contributed by atoms with Crippen molar-refractivity contribution < 1.29 is 23.6 Å². The Balaban J connectivity index is 1.75. The smallest absolute Gasteiger partial charge is 0.306 e. The highest BCUT2D eigenvalue weighted by Crippen LogP contribution is 2.28. The summed E-state index contributed by atoms with van der Waals surface area (Å²) in [6.07, 6.45) is 5.72. The summed E-state index contributed by atoms with van der Waals surface area (Å²) < 4.78 is 18.1. The highest BCUT2D eigenvalue weighted by atomic mass is 19.1. The molecule has 130 valence electrons. The number of halogens is 1. The van der Waals surface area contributed by atoms with Crippen molar-refractivity contribution in [1.82, 2.24) is 0 Å². The zero-order valence-electron chi connectivity index (χ0n) is 13.1. The molecular weight excluding hydrogens is 319 g/mol. The summed E-state index contributed by atoms with van der Waals surface area (Å²) in [5, 5.41) is 13.0. The normalized spacial score (nSPS) is 14.4. The molecule has 0 radical (unpaired) electrons. The van der Waals surface area contributed by atoms with Crippen molar-refractivity contribution in [2.75, 3.05) is 11.9 Å². The number of nitrogens with zero attached hydrogens (tertiary/aromatic N) is 1. The molecule has 1 saturated carbocycles. The molecule has 0 aromatic heterocycles. The minimum Gasteiger partial charge on any atom is -0.456 e. The van der Waals surface area contributed by atoms with Crippen LogP contribution in [0.15, 0.2) is 18.2 Å². The topological polar surface area (TPSA) is 98.5 Å². The van der Waals surface area contributed by atoms with Crippen molar-refractivity contribution in [1.29, 1.82) is 0 Å². The van der Waals surface area contributed by atoms with E-state index in [4.69, 9.17) is 4.74 Å². The molecule has 0 heterocycles. The zero-order chi connectivity index (χ0) is 17.5. The third-order valence-electron chi connectivity index (χ3n) is 4.02. The van der Waals surface area contributed by atoms with E-state index in [1.54, 1.807) is 0 Å². The van der Waals surface area contributed by atoms with Crippen molar-refractivity contribution in [3.63, 3.8) is 0 Å². The highest BCUT2D eigenvalue weighted by molar-refractivity contribution is 5.93. The number of anilines is 1. The monoisotopic (exact) mass is 338 g/mol. The number of hydrogen-bond donors (Lipinski definition) is 1. The van der Waals surface area contributed by atoms with Gasteiger partial charge in [0, 0.05) is 18.2 Å². The number of esters is 1. The molecule has 8 heteroatoms. The van der Waals surface area contributed by atoms with Gasteiger partial charge < -0.3 is 10.1 Å². The molecule has 1 aliphatic carbocycles. The maximum absolute atomic E-state index is 13.2. The zero-order valence-corrected chi connectivity index (χ0v) is 13.1. The summed E-state index contributed by atoms with van der Waals surface area (Å²) in [7, 11) is 0. The maximum Gasteiger partial charge on any atom is 0.306 e. The molecule has 24 heavy (non-hydrogen) atoms. The molecule has 0 saturated heterocycles. The van der Waals surface area contributed by atoms with Crippen LogP contribution in [0.3, 0.4) is 0 Å². The van der Waals surface area contributed by atoms with E-state index in [-0.39, 0.29) is 12.1 Å². The average molecular weight is 338 g/mol. The summed E-state index contributed by atoms with van der Waals surface area (Å²) in [5.41, 5.74) is -0.670. The fourth-order valence-corrected chi connectivity index (χ4v) is 2.77. The third kappa shape index (κ3) is 5.29. The van der Waals surface area contributed by atoms with Gasteiger partial charge in [-0.2, -0.15) is 4.39 Å². The number of carbonyl (C=O) groups is 2. The van der Waals surface area contributed by atoms with Gasteiger partial charge in [0.05, 0.1) is 4.92 Å². The Labute approximate surface area is 138 Å². The van der Waals surface area contributed by atoms with Gasteiger partial charge in [0.25, 0.3) is 5.91 Å². The Kier molecular flexibility index (Phi) is 6.22. The van der Waals surface area contributed by atoms with Gasteiger partial charge >= 0.3 is 11.7 Å². The van der Waals surface area contributed by atoms with Crippen molar-refractivity contribution in [3.05, 3.63) is 34.1 Å². The first kappa shape index (κ1) is 17.8. The quantitative estimate of drug-likeness (QED) is 0.468. The van der Waals surface area contributed by atoms with Gasteiger partial charge in [0.15, 0.2) is 6.61 Å². The van der Waals surface area contributed by atoms with Gasteiger partial charge in [0.2, 0.25) is 5.82 Å². The van der Waals surface area contributed by atoms with E-state index in [9.17, 15) is 24.1 Å². The molecule has 1 fully saturated rings. The van der Waals surface area contributed by atoms with Crippen LogP contribution in [-0.4, -0.2) is 23.4 Å². The number of hydrogen-bond acceptors (Lipinski definition) is 5. The number of nitrogens with one attached hydrogen (secondary N) is 1. The summed E-state index contributed by atoms with van der Waals surface area (Å²) in [6, 6.07) is 3.00. The minimum absolute atomic E-state index is 0.0649. The highest BCUT2D eigenvalue weighted by Gasteiger charge is 2.18. The van der Waals surface area contributed by atoms with Crippen LogP contribution in [-0.2, 0) is 14.3 Å². The number of ether oxygens (including phenoxy) is 1. The van der Waals surface area contributed by atoms with Crippen molar-refractivity contribution in [2.45, 2.75) is 38.5 Å². The Morgan fingerprint density at radius 3 is 2.71 bits per heavy atom. The standard InChI is InChI=1S/C16H19FN2O5/c17-13-7-6-12(9-14(13)19(22)23)18-15(20)10-24-16(21)8-5-11-3-1-2-4-11/h6-7,9,11H,1-5,8,10H2,(H,18,20). The van der Waals surface area contributed by atoms with Gasteiger partial charge in [0.1, 0.15) is 0 Å².